The Hall–Kier alpha value is -1.59. The standard InChI is InChI=1S/C16H23NO4/c1-2-17-16(15(19)20,13-7-8-13)11-21-14-6-4-3-5-12(14)9-10-18/h3-6,13,17-18H,2,7-11H2,1H3,(H,19,20). The summed E-state index contributed by atoms with van der Waals surface area (Å²) >= 11 is 0. The van der Waals surface area contributed by atoms with E-state index < -0.39 is 11.5 Å². The van der Waals surface area contributed by atoms with E-state index in [9.17, 15) is 9.90 Å². The van der Waals surface area contributed by atoms with E-state index in [2.05, 4.69) is 5.32 Å². The van der Waals surface area contributed by atoms with Crippen LogP contribution in [0.1, 0.15) is 25.3 Å². The van der Waals surface area contributed by atoms with E-state index in [4.69, 9.17) is 9.84 Å². The fourth-order valence-corrected chi connectivity index (χ4v) is 2.68. The Morgan fingerprint density at radius 2 is 2.14 bits per heavy atom. The van der Waals surface area contributed by atoms with Crippen LogP contribution < -0.4 is 10.1 Å². The minimum absolute atomic E-state index is 0.0419. The van der Waals surface area contributed by atoms with Crippen molar-refractivity contribution in [2.75, 3.05) is 19.8 Å². The molecular formula is C16H23NO4. The first-order chi connectivity index (χ1) is 10.1. The van der Waals surface area contributed by atoms with E-state index in [1.165, 1.54) is 0 Å². The highest BCUT2D eigenvalue weighted by molar-refractivity contribution is 5.80. The van der Waals surface area contributed by atoms with Crippen LogP contribution in [0.5, 0.6) is 5.75 Å². The summed E-state index contributed by atoms with van der Waals surface area (Å²) in [5, 5.41) is 21.8. The third kappa shape index (κ3) is 3.54. The Kier molecular flexibility index (Phi) is 5.20. The molecule has 0 radical (unpaired) electrons. The molecule has 0 spiro atoms. The van der Waals surface area contributed by atoms with Gasteiger partial charge in [0.25, 0.3) is 0 Å². The predicted octanol–water partition coefficient (Wildman–Crippen LogP) is 1.44. The monoisotopic (exact) mass is 293 g/mol. The van der Waals surface area contributed by atoms with Gasteiger partial charge >= 0.3 is 5.97 Å². The number of aliphatic carboxylic acids is 1. The molecule has 1 saturated carbocycles. The van der Waals surface area contributed by atoms with Gasteiger partial charge < -0.3 is 14.9 Å². The molecule has 116 valence electrons. The Morgan fingerprint density at radius 1 is 1.43 bits per heavy atom. The average Bonchev–Trinajstić information content (AvgIpc) is 3.30. The number of likely N-dealkylation sites (N-methyl/N-ethyl adjacent to an activating group) is 1. The maximum Gasteiger partial charge on any atom is 0.327 e. The molecule has 1 aromatic carbocycles. The molecule has 0 bridgehead atoms. The van der Waals surface area contributed by atoms with Crippen molar-refractivity contribution < 1.29 is 19.7 Å². The third-order valence-electron chi connectivity index (χ3n) is 3.96. The van der Waals surface area contributed by atoms with Crippen LogP contribution in [0.3, 0.4) is 0 Å². The molecule has 1 fully saturated rings. The zero-order valence-corrected chi connectivity index (χ0v) is 12.3. The second-order valence-electron chi connectivity index (χ2n) is 5.45. The number of hydrogen-bond donors (Lipinski definition) is 3. The summed E-state index contributed by atoms with van der Waals surface area (Å²) in [6.07, 6.45) is 2.34. The van der Waals surface area contributed by atoms with Gasteiger partial charge in [-0.2, -0.15) is 0 Å². The number of hydrogen-bond acceptors (Lipinski definition) is 4. The van der Waals surface area contributed by atoms with E-state index >= 15 is 0 Å². The molecule has 1 aliphatic carbocycles. The lowest BCUT2D eigenvalue weighted by molar-refractivity contribution is -0.147. The van der Waals surface area contributed by atoms with E-state index in [0.717, 1.165) is 18.4 Å². The topological polar surface area (TPSA) is 78.8 Å². The molecule has 0 saturated heterocycles. The molecule has 1 aliphatic rings. The van der Waals surface area contributed by atoms with Gasteiger partial charge in [-0.3, -0.25) is 10.1 Å². The zero-order chi connectivity index (χ0) is 15.3. The zero-order valence-electron chi connectivity index (χ0n) is 12.3. The molecule has 0 aromatic heterocycles. The summed E-state index contributed by atoms with van der Waals surface area (Å²) < 4.78 is 5.82. The third-order valence-corrected chi connectivity index (χ3v) is 3.96. The molecule has 0 amide bonds. The normalized spacial score (nSPS) is 17.2. The number of carbonyl (C=O) groups is 1. The molecule has 21 heavy (non-hydrogen) atoms. The maximum absolute atomic E-state index is 11.7. The largest absolute Gasteiger partial charge is 0.491 e. The van der Waals surface area contributed by atoms with Crippen molar-refractivity contribution in [2.24, 2.45) is 5.92 Å². The SMILES string of the molecule is CCNC(COc1ccccc1CCO)(C(=O)O)C1CC1. The quantitative estimate of drug-likeness (QED) is 0.642. The first-order valence-corrected chi connectivity index (χ1v) is 7.44. The molecule has 0 heterocycles. The number of ether oxygens (including phenoxy) is 1. The molecule has 1 unspecified atom stereocenters. The van der Waals surface area contributed by atoms with Gasteiger partial charge in [0, 0.05) is 6.61 Å². The van der Waals surface area contributed by atoms with E-state index in [1.807, 2.05) is 31.2 Å². The lowest BCUT2D eigenvalue weighted by Crippen LogP contribution is -2.58. The van der Waals surface area contributed by atoms with Gasteiger partial charge in [-0.1, -0.05) is 25.1 Å². The molecular weight excluding hydrogens is 270 g/mol. The highest BCUT2D eigenvalue weighted by Gasteiger charge is 2.51. The molecule has 3 N–H and O–H groups in total. The van der Waals surface area contributed by atoms with Crippen molar-refractivity contribution in [2.45, 2.75) is 31.7 Å². The molecule has 2 rings (SSSR count). The summed E-state index contributed by atoms with van der Waals surface area (Å²) in [5.74, 6) is -0.0813. The van der Waals surface area contributed by atoms with Crippen molar-refractivity contribution in [3.05, 3.63) is 29.8 Å². The van der Waals surface area contributed by atoms with Crippen molar-refractivity contribution in [1.29, 1.82) is 0 Å². The Bertz CT molecular complexity index is 487. The maximum atomic E-state index is 11.7. The van der Waals surface area contributed by atoms with Crippen LogP contribution in [0.4, 0.5) is 0 Å². The van der Waals surface area contributed by atoms with E-state index in [-0.39, 0.29) is 19.1 Å². The Labute approximate surface area is 124 Å². The van der Waals surface area contributed by atoms with Gasteiger partial charge in [0.1, 0.15) is 12.4 Å². The average molecular weight is 293 g/mol. The number of carboxylic acid groups (broad SMARTS) is 1. The summed E-state index contributed by atoms with van der Waals surface area (Å²) in [7, 11) is 0. The summed E-state index contributed by atoms with van der Waals surface area (Å²) in [4.78, 5) is 11.7. The van der Waals surface area contributed by atoms with Crippen LogP contribution in [0.2, 0.25) is 0 Å². The summed E-state index contributed by atoms with van der Waals surface area (Å²) in [5.41, 5.74) is -0.118. The molecule has 5 heteroatoms. The highest BCUT2D eigenvalue weighted by Crippen LogP contribution is 2.40. The van der Waals surface area contributed by atoms with Crippen LogP contribution >= 0.6 is 0 Å². The number of para-hydroxylation sites is 1. The van der Waals surface area contributed by atoms with Gasteiger partial charge in [-0.05, 0) is 43.4 Å². The van der Waals surface area contributed by atoms with Gasteiger partial charge in [0.2, 0.25) is 0 Å². The lowest BCUT2D eigenvalue weighted by atomic mass is 9.94. The first kappa shape index (κ1) is 15.8. The fraction of sp³-hybridized carbons (Fsp3) is 0.562. The number of rotatable bonds is 9. The number of aliphatic hydroxyl groups is 1. The second-order valence-corrected chi connectivity index (χ2v) is 5.45. The molecule has 1 aromatic rings. The Balaban J connectivity index is 2.13. The first-order valence-electron chi connectivity index (χ1n) is 7.44. The van der Waals surface area contributed by atoms with Gasteiger partial charge in [-0.15, -0.1) is 0 Å². The summed E-state index contributed by atoms with van der Waals surface area (Å²) in [6.45, 7) is 2.63. The highest BCUT2D eigenvalue weighted by atomic mass is 16.5. The smallest absolute Gasteiger partial charge is 0.327 e. The Morgan fingerprint density at radius 3 is 2.71 bits per heavy atom. The fourth-order valence-electron chi connectivity index (χ4n) is 2.68. The van der Waals surface area contributed by atoms with E-state index in [1.54, 1.807) is 0 Å². The van der Waals surface area contributed by atoms with Gasteiger partial charge in [0.15, 0.2) is 5.54 Å². The van der Waals surface area contributed by atoms with Crippen LogP contribution in [-0.4, -0.2) is 41.5 Å². The van der Waals surface area contributed by atoms with E-state index in [0.29, 0.717) is 18.7 Å². The number of nitrogens with one attached hydrogen (secondary N) is 1. The number of benzene rings is 1. The number of aliphatic hydroxyl groups excluding tert-OH is 1. The van der Waals surface area contributed by atoms with Crippen molar-refractivity contribution in [1.82, 2.24) is 5.32 Å². The van der Waals surface area contributed by atoms with Crippen LogP contribution in [-0.2, 0) is 11.2 Å². The predicted molar refractivity (Wildman–Crippen MR) is 79.5 cm³/mol. The van der Waals surface area contributed by atoms with Crippen LogP contribution in [0.15, 0.2) is 24.3 Å². The molecule has 0 aliphatic heterocycles. The van der Waals surface area contributed by atoms with Crippen LogP contribution in [0, 0.1) is 5.92 Å². The number of carboxylic acids is 1. The lowest BCUT2D eigenvalue weighted by Gasteiger charge is -2.30. The minimum Gasteiger partial charge on any atom is -0.491 e. The van der Waals surface area contributed by atoms with Crippen LogP contribution in [0.25, 0.3) is 0 Å². The van der Waals surface area contributed by atoms with Crippen molar-refractivity contribution in [3.63, 3.8) is 0 Å². The van der Waals surface area contributed by atoms with Crippen molar-refractivity contribution in [3.8, 4) is 5.75 Å². The minimum atomic E-state index is -1.01. The second kappa shape index (κ2) is 6.91. The molecule has 1 atom stereocenters. The van der Waals surface area contributed by atoms with Gasteiger partial charge in [0.05, 0.1) is 0 Å². The van der Waals surface area contributed by atoms with Crippen molar-refractivity contribution >= 4 is 5.97 Å². The van der Waals surface area contributed by atoms with Gasteiger partial charge in [-0.25, -0.2) is 0 Å². The molecule has 5 nitrogen and oxygen atoms in total. The summed E-state index contributed by atoms with van der Waals surface area (Å²) in [6, 6.07) is 7.44.